The lowest BCUT2D eigenvalue weighted by molar-refractivity contribution is 0.596. The van der Waals surface area contributed by atoms with Crippen LogP contribution < -0.4 is 0 Å². The molecule has 0 aromatic heterocycles. The van der Waals surface area contributed by atoms with Crippen LogP contribution in [0.5, 0.6) is 0 Å². The van der Waals surface area contributed by atoms with Crippen LogP contribution in [0.1, 0.15) is 11.1 Å². The molecule has 2 atom stereocenters. The molecular weight excluding hydrogens is 562 g/mol. The van der Waals surface area contributed by atoms with E-state index in [-0.39, 0.29) is 21.2 Å². The molecule has 0 aliphatic heterocycles. The minimum Gasteiger partial charge on any atom is -0.199 e. The zero-order valence-electron chi connectivity index (χ0n) is 16.9. The third kappa shape index (κ3) is 5.03. The van der Waals surface area contributed by atoms with Gasteiger partial charge in [-0.1, -0.05) is 47.5 Å². The average Bonchev–Trinajstić information content (AvgIpc) is 2.80. The highest BCUT2D eigenvalue weighted by atomic mass is 35.5. The molecule has 0 bridgehead atoms. The van der Waals surface area contributed by atoms with Crippen molar-refractivity contribution in [1.82, 2.24) is 0 Å². The van der Waals surface area contributed by atoms with Crippen LogP contribution >= 0.6 is 46.4 Å². The Morgan fingerprint density at radius 3 is 1.21 bits per heavy atom. The molecule has 0 saturated carbocycles. The SMILES string of the molecule is O=S(=O)(/N=C1/c2ccccc2/C(=N/S(=O)(=O)c2ccc(Cl)cc2)C(Cl)C1Cl)c1ccc(Cl)cc1. The van der Waals surface area contributed by atoms with Gasteiger partial charge < -0.3 is 0 Å². The van der Waals surface area contributed by atoms with Crippen molar-refractivity contribution < 1.29 is 16.8 Å². The van der Waals surface area contributed by atoms with E-state index in [9.17, 15) is 16.8 Å². The Balaban J connectivity index is 1.85. The average molecular weight is 576 g/mol. The van der Waals surface area contributed by atoms with Crippen molar-refractivity contribution in [3.63, 3.8) is 0 Å². The third-order valence-electron chi connectivity index (χ3n) is 4.92. The summed E-state index contributed by atoms with van der Waals surface area (Å²) in [5.41, 5.74) is 0.578. The van der Waals surface area contributed by atoms with Crippen LogP contribution in [-0.2, 0) is 20.0 Å². The topological polar surface area (TPSA) is 93.0 Å². The van der Waals surface area contributed by atoms with E-state index in [0.717, 1.165) is 0 Å². The monoisotopic (exact) mass is 574 g/mol. The summed E-state index contributed by atoms with van der Waals surface area (Å²) in [5.74, 6) is 0. The maximum absolute atomic E-state index is 12.9. The molecule has 176 valence electrons. The summed E-state index contributed by atoms with van der Waals surface area (Å²) in [5, 5.41) is -1.63. The van der Waals surface area contributed by atoms with E-state index in [4.69, 9.17) is 46.4 Å². The predicted molar refractivity (Wildman–Crippen MR) is 136 cm³/mol. The third-order valence-corrected chi connectivity index (χ3v) is 9.08. The van der Waals surface area contributed by atoms with Crippen LogP contribution in [0, 0.1) is 0 Å². The number of fused-ring (bicyclic) bond motifs is 1. The van der Waals surface area contributed by atoms with Crippen molar-refractivity contribution in [2.75, 3.05) is 0 Å². The molecule has 2 unspecified atom stereocenters. The molecule has 0 N–H and O–H groups in total. The first-order valence-corrected chi connectivity index (χ1v) is 14.1. The summed E-state index contributed by atoms with van der Waals surface area (Å²) in [6, 6.07) is 17.5. The van der Waals surface area contributed by atoms with Crippen LogP contribution in [0.4, 0.5) is 0 Å². The summed E-state index contributed by atoms with van der Waals surface area (Å²) in [6.07, 6.45) is 0. The van der Waals surface area contributed by atoms with Gasteiger partial charge in [-0.15, -0.1) is 23.2 Å². The summed E-state index contributed by atoms with van der Waals surface area (Å²) in [4.78, 5) is -0.164. The normalized spacial score (nSPS) is 20.9. The van der Waals surface area contributed by atoms with Gasteiger partial charge in [0.05, 0.1) is 32.0 Å². The van der Waals surface area contributed by atoms with Gasteiger partial charge in [0, 0.05) is 21.2 Å². The van der Waals surface area contributed by atoms with E-state index in [1.54, 1.807) is 24.3 Å². The quantitative estimate of drug-likeness (QED) is 0.380. The lowest BCUT2D eigenvalue weighted by Crippen LogP contribution is -2.40. The highest BCUT2D eigenvalue weighted by molar-refractivity contribution is 7.90. The maximum Gasteiger partial charge on any atom is 0.282 e. The Labute approximate surface area is 217 Å². The Kier molecular flexibility index (Phi) is 7.11. The minimum absolute atomic E-state index is 0.0185. The molecule has 0 spiro atoms. The molecule has 6 nitrogen and oxygen atoms in total. The van der Waals surface area contributed by atoms with Crippen LogP contribution in [0.25, 0.3) is 0 Å². The molecule has 1 aliphatic carbocycles. The van der Waals surface area contributed by atoms with Crippen molar-refractivity contribution in [2.24, 2.45) is 8.80 Å². The van der Waals surface area contributed by atoms with Crippen molar-refractivity contribution in [2.45, 2.75) is 20.5 Å². The number of hydrogen-bond donors (Lipinski definition) is 0. The maximum atomic E-state index is 12.9. The summed E-state index contributed by atoms with van der Waals surface area (Å²) in [7, 11) is -8.32. The second-order valence-corrected chi connectivity index (χ2v) is 12.2. The lowest BCUT2D eigenvalue weighted by atomic mass is 9.88. The first-order valence-electron chi connectivity index (χ1n) is 9.58. The van der Waals surface area contributed by atoms with Crippen LogP contribution in [0.2, 0.25) is 10.0 Å². The summed E-state index contributed by atoms with van der Waals surface area (Å²) in [6.45, 7) is 0. The molecule has 0 heterocycles. The van der Waals surface area contributed by atoms with Gasteiger partial charge in [0.15, 0.2) is 0 Å². The van der Waals surface area contributed by atoms with Crippen molar-refractivity contribution >= 4 is 77.9 Å². The second kappa shape index (κ2) is 9.60. The van der Waals surface area contributed by atoms with E-state index in [2.05, 4.69) is 8.80 Å². The van der Waals surface area contributed by atoms with Gasteiger partial charge in [-0.3, -0.25) is 0 Å². The number of hydrogen-bond acceptors (Lipinski definition) is 4. The van der Waals surface area contributed by atoms with Crippen molar-refractivity contribution in [3.05, 3.63) is 94.0 Å². The summed E-state index contributed by atoms with van der Waals surface area (Å²) >= 11 is 24.7. The molecule has 4 rings (SSSR count). The molecule has 0 radical (unpaired) electrons. The molecule has 1 aliphatic rings. The zero-order valence-corrected chi connectivity index (χ0v) is 21.6. The number of benzene rings is 3. The molecule has 3 aromatic carbocycles. The molecule has 0 amide bonds. The van der Waals surface area contributed by atoms with Crippen LogP contribution in [0.15, 0.2) is 91.4 Å². The number of halogens is 4. The minimum atomic E-state index is -4.16. The molecule has 12 heteroatoms. The molecule has 0 saturated heterocycles. The number of nitrogens with zero attached hydrogens (tertiary/aromatic N) is 2. The lowest BCUT2D eigenvalue weighted by Gasteiger charge is -2.28. The largest absolute Gasteiger partial charge is 0.282 e. The van der Waals surface area contributed by atoms with E-state index in [0.29, 0.717) is 21.2 Å². The van der Waals surface area contributed by atoms with E-state index in [1.165, 1.54) is 48.5 Å². The van der Waals surface area contributed by atoms with Crippen LogP contribution in [0.3, 0.4) is 0 Å². The highest BCUT2D eigenvalue weighted by Crippen LogP contribution is 2.32. The summed E-state index contributed by atoms with van der Waals surface area (Å²) < 4.78 is 59.6. The molecular formula is C22H14Cl4N2O4S2. The Hall–Kier alpha value is -1.94. The van der Waals surface area contributed by atoms with Crippen LogP contribution in [-0.4, -0.2) is 39.0 Å². The Morgan fingerprint density at radius 2 is 0.882 bits per heavy atom. The molecule has 0 fully saturated rings. The number of rotatable bonds is 4. The van der Waals surface area contributed by atoms with Crippen molar-refractivity contribution in [1.29, 1.82) is 0 Å². The number of sulfonamides is 2. The molecule has 3 aromatic rings. The van der Waals surface area contributed by atoms with Gasteiger partial charge in [-0.25, -0.2) is 0 Å². The Bertz CT molecular complexity index is 1400. The van der Waals surface area contributed by atoms with E-state index < -0.39 is 30.8 Å². The second-order valence-electron chi connectivity index (χ2n) is 7.16. The Morgan fingerprint density at radius 1 is 0.559 bits per heavy atom. The van der Waals surface area contributed by atoms with Gasteiger partial charge >= 0.3 is 0 Å². The first kappa shape index (κ1) is 25.2. The number of alkyl halides is 2. The highest BCUT2D eigenvalue weighted by Gasteiger charge is 2.38. The fraction of sp³-hybridized carbons (Fsp3) is 0.0909. The van der Waals surface area contributed by atoms with Gasteiger partial charge in [0.25, 0.3) is 20.0 Å². The first-order chi connectivity index (χ1) is 16.0. The predicted octanol–water partition coefficient (Wildman–Crippen LogP) is 5.58. The van der Waals surface area contributed by atoms with E-state index >= 15 is 0 Å². The fourth-order valence-electron chi connectivity index (χ4n) is 3.28. The smallest absolute Gasteiger partial charge is 0.199 e. The van der Waals surface area contributed by atoms with Gasteiger partial charge in [-0.05, 0) is 48.5 Å². The van der Waals surface area contributed by atoms with Gasteiger partial charge in [-0.2, -0.15) is 25.6 Å². The van der Waals surface area contributed by atoms with E-state index in [1.807, 2.05) is 0 Å². The standard InChI is InChI=1S/C22H14Cl4N2O4S2/c23-13-5-9-15(10-6-13)33(29,30)27-21-17-3-1-2-4-18(17)22(20(26)19(21)25)28-34(31,32)16-11-7-14(24)8-12-16/h1-12,19-20H/b27-21-,28-22-. The fourth-order valence-corrected chi connectivity index (χ4v) is 6.33. The molecule has 34 heavy (non-hydrogen) atoms. The van der Waals surface area contributed by atoms with Gasteiger partial charge in [0.1, 0.15) is 0 Å². The zero-order chi connectivity index (χ0) is 24.7. The van der Waals surface area contributed by atoms with Crippen molar-refractivity contribution in [3.8, 4) is 0 Å². The van der Waals surface area contributed by atoms with Gasteiger partial charge in [0.2, 0.25) is 0 Å².